The normalized spacial score (nSPS) is 15.0. The van der Waals surface area contributed by atoms with Gasteiger partial charge in [0, 0.05) is 5.02 Å². The SMILES string of the molecule is OCc1cc(Cl)ccc1C(O)C(O)CO. The lowest BCUT2D eigenvalue weighted by atomic mass is 9.99. The van der Waals surface area contributed by atoms with Gasteiger partial charge in [0.25, 0.3) is 0 Å². The number of rotatable bonds is 4. The third-order valence-electron chi connectivity index (χ3n) is 2.15. The first kappa shape index (κ1) is 12.4. The van der Waals surface area contributed by atoms with Crippen molar-refractivity contribution >= 4 is 11.6 Å². The van der Waals surface area contributed by atoms with Crippen molar-refractivity contribution < 1.29 is 20.4 Å². The number of aliphatic hydroxyl groups is 4. The van der Waals surface area contributed by atoms with Crippen LogP contribution in [-0.2, 0) is 6.61 Å². The summed E-state index contributed by atoms with van der Waals surface area (Å²) in [4.78, 5) is 0. The van der Waals surface area contributed by atoms with E-state index < -0.39 is 18.8 Å². The van der Waals surface area contributed by atoms with Gasteiger partial charge < -0.3 is 20.4 Å². The second kappa shape index (κ2) is 5.44. The molecule has 4 nitrogen and oxygen atoms in total. The molecule has 0 aliphatic carbocycles. The Morgan fingerprint density at radius 2 is 1.87 bits per heavy atom. The minimum Gasteiger partial charge on any atom is -0.394 e. The number of halogens is 1. The van der Waals surface area contributed by atoms with Gasteiger partial charge in [0.2, 0.25) is 0 Å². The molecular formula is C10H13ClO4. The summed E-state index contributed by atoms with van der Waals surface area (Å²) in [6, 6.07) is 4.56. The highest BCUT2D eigenvalue weighted by Gasteiger charge is 2.20. The van der Waals surface area contributed by atoms with Gasteiger partial charge >= 0.3 is 0 Å². The van der Waals surface area contributed by atoms with E-state index in [1.807, 2.05) is 0 Å². The fourth-order valence-electron chi connectivity index (χ4n) is 1.31. The lowest BCUT2D eigenvalue weighted by Crippen LogP contribution is -2.23. The Balaban J connectivity index is 3.02. The van der Waals surface area contributed by atoms with Gasteiger partial charge in [0.05, 0.1) is 13.2 Å². The van der Waals surface area contributed by atoms with E-state index >= 15 is 0 Å². The summed E-state index contributed by atoms with van der Waals surface area (Å²) in [5.41, 5.74) is 0.797. The molecule has 15 heavy (non-hydrogen) atoms. The molecule has 0 saturated heterocycles. The smallest absolute Gasteiger partial charge is 0.107 e. The highest BCUT2D eigenvalue weighted by molar-refractivity contribution is 6.30. The van der Waals surface area contributed by atoms with Crippen molar-refractivity contribution in [2.24, 2.45) is 0 Å². The molecule has 2 atom stereocenters. The van der Waals surface area contributed by atoms with Crippen LogP contribution < -0.4 is 0 Å². The van der Waals surface area contributed by atoms with Gasteiger partial charge in [-0.15, -0.1) is 0 Å². The van der Waals surface area contributed by atoms with Crippen LogP contribution in [0.2, 0.25) is 5.02 Å². The predicted octanol–water partition coefficient (Wildman–Crippen LogP) is 0.219. The zero-order valence-electron chi connectivity index (χ0n) is 7.97. The van der Waals surface area contributed by atoms with Gasteiger partial charge in [-0.3, -0.25) is 0 Å². The van der Waals surface area contributed by atoms with Crippen LogP contribution in [0.15, 0.2) is 18.2 Å². The Morgan fingerprint density at radius 3 is 2.40 bits per heavy atom. The van der Waals surface area contributed by atoms with Crippen molar-refractivity contribution in [3.05, 3.63) is 34.3 Å². The molecule has 0 bridgehead atoms. The molecule has 0 aliphatic heterocycles. The third kappa shape index (κ3) is 2.90. The van der Waals surface area contributed by atoms with Gasteiger partial charge in [-0.1, -0.05) is 17.7 Å². The monoisotopic (exact) mass is 232 g/mol. The van der Waals surface area contributed by atoms with Crippen LogP contribution in [0.3, 0.4) is 0 Å². The standard InChI is InChI=1S/C10H13ClO4/c11-7-1-2-8(6(3-7)4-12)10(15)9(14)5-13/h1-3,9-10,12-15H,4-5H2. The van der Waals surface area contributed by atoms with Crippen LogP contribution in [0.5, 0.6) is 0 Å². The zero-order chi connectivity index (χ0) is 11.4. The van der Waals surface area contributed by atoms with Crippen molar-refractivity contribution in [2.75, 3.05) is 6.61 Å². The van der Waals surface area contributed by atoms with Crippen LogP contribution in [-0.4, -0.2) is 33.1 Å². The van der Waals surface area contributed by atoms with Crippen molar-refractivity contribution in [3.8, 4) is 0 Å². The molecule has 84 valence electrons. The van der Waals surface area contributed by atoms with Crippen molar-refractivity contribution in [2.45, 2.75) is 18.8 Å². The highest BCUT2D eigenvalue weighted by atomic mass is 35.5. The molecule has 0 radical (unpaired) electrons. The van der Waals surface area contributed by atoms with E-state index in [2.05, 4.69) is 0 Å². The molecule has 2 unspecified atom stereocenters. The van der Waals surface area contributed by atoms with E-state index in [-0.39, 0.29) is 6.61 Å². The first-order chi connectivity index (χ1) is 7.10. The van der Waals surface area contributed by atoms with Crippen LogP contribution in [0.4, 0.5) is 0 Å². The molecule has 0 spiro atoms. The number of benzene rings is 1. The van der Waals surface area contributed by atoms with Crippen molar-refractivity contribution in [3.63, 3.8) is 0 Å². The van der Waals surface area contributed by atoms with E-state index in [9.17, 15) is 10.2 Å². The molecule has 1 aromatic rings. The van der Waals surface area contributed by atoms with Crippen LogP contribution in [0.1, 0.15) is 17.2 Å². The Kier molecular flexibility index (Phi) is 4.50. The Hall–Kier alpha value is -0.650. The Labute approximate surface area is 92.4 Å². The molecule has 0 aliphatic rings. The van der Waals surface area contributed by atoms with Crippen LogP contribution in [0, 0.1) is 0 Å². The van der Waals surface area contributed by atoms with E-state index in [4.69, 9.17) is 21.8 Å². The maximum Gasteiger partial charge on any atom is 0.107 e. The second-order valence-electron chi connectivity index (χ2n) is 3.20. The summed E-state index contributed by atoms with van der Waals surface area (Å²) in [6.45, 7) is -0.834. The summed E-state index contributed by atoms with van der Waals surface area (Å²) in [7, 11) is 0. The van der Waals surface area contributed by atoms with Crippen molar-refractivity contribution in [1.29, 1.82) is 0 Å². The molecule has 4 N–H and O–H groups in total. The first-order valence-corrected chi connectivity index (χ1v) is 4.84. The second-order valence-corrected chi connectivity index (χ2v) is 3.63. The van der Waals surface area contributed by atoms with Crippen LogP contribution >= 0.6 is 11.6 Å². The third-order valence-corrected chi connectivity index (χ3v) is 2.38. The van der Waals surface area contributed by atoms with E-state index in [1.54, 1.807) is 6.07 Å². The largest absolute Gasteiger partial charge is 0.394 e. The molecular weight excluding hydrogens is 220 g/mol. The quantitative estimate of drug-likeness (QED) is 0.599. The van der Waals surface area contributed by atoms with Gasteiger partial charge in [-0.2, -0.15) is 0 Å². The average molecular weight is 233 g/mol. The van der Waals surface area contributed by atoms with E-state index in [0.717, 1.165) is 0 Å². The van der Waals surface area contributed by atoms with Gasteiger partial charge in [-0.25, -0.2) is 0 Å². The molecule has 0 amide bonds. The lowest BCUT2D eigenvalue weighted by Gasteiger charge is -2.18. The minimum atomic E-state index is -1.27. The van der Waals surface area contributed by atoms with Crippen molar-refractivity contribution in [1.82, 2.24) is 0 Å². The molecule has 0 aromatic heterocycles. The number of aliphatic hydroxyl groups excluding tert-OH is 4. The maximum absolute atomic E-state index is 9.63. The van der Waals surface area contributed by atoms with Gasteiger partial charge in [0.1, 0.15) is 12.2 Å². The zero-order valence-corrected chi connectivity index (χ0v) is 8.72. The fourth-order valence-corrected chi connectivity index (χ4v) is 1.50. The predicted molar refractivity (Wildman–Crippen MR) is 55.4 cm³/mol. The van der Waals surface area contributed by atoms with E-state index in [1.165, 1.54) is 12.1 Å². The summed E-state index contributed by atoms with van der Waals surface area (Å²) in [6.07, 6.45) is -2.49. The number of hydrogen-bond donors (Lipinski definition) is 4. The Bertz CT molecular complexity index is 329. The maximum atomic E-state index is 9.63. The fraction of sp³-hybridized carbons (Fsp3) is 0.400. The topological polar surface area (TPSA) is 80.9 Å². The molecule has 0 fully saturated rings. The lowest BCUT2D eigenvalue weighted by molar-refractivity contribution is -0.0160. The van der Waals surface area contributed by atoms with Gasteiger partial charge in [-0.05, 0) is 23.3 Å². The molecule has 1 rings (SSSR count). The highest BCUT2D eigenvalue weighted by Crippen LogP contribution is 2.24. The molecule has 5 heteroatoms. The summed E-state index contributed by atoms with van der Waals surface area (Å²) >= 11 is 5.71. The molecule has 0 saturated carbocycles. The molecule has 0 heterocycles. The van der Waals surface area contributed by atoms with E-state index in [0.29, 0.717) is 16.1 Å². The minimum absolute atomic E-state index is 0.287. The average Bonchev–Trinajstić information content (AvgIpc) is 2.26. The first-order valence-electron chi connectivity index (χ1n) is 4.46. The summed E-state index contributed by atoms with van der Waals surface area (Å²) in [5, 5.41) is 37.0. The Morgan fingerprint density at radius 1 is 1.20 bits per heavy atom. The summed E-state index contributed by atoms with van der Waals surface area (Å²) < 4.78 is 0. The molecule has 1 aromatic carbocycles. The summed E-state index contributed by atoms with van der Waals surface area (Å²) in [5.74, 6) is 0. The van der Waals surface area contributed by atoms with Gasteiger partial charge in [0.15, 0.2) is 0 Å². The van der Waals surface area contributed by atoms with Crippen LogP contribution in [0.25, 0.3) is 0 Å². The number of hydrogen-bond acceptors (Lipinski definition) is 4.